The van der Waals surface area contributed by atoms with Gasteiger partial charge in [0.1, 0.15) is 6.33 Å². The first kappa shape index (κ1) is 16.0. The van der Waals surface area contributed by atoms with Crippen molar-refractivity contribution in [1.82, 2.24) is 14.8 Å². The highest BCUT2D eigenvalue weighted by Crippen LogP contribution is 2.21. The van der Waals surface area contributed by atoms with Gasteiger partial charge in [0.2, 0.25) is 5.95 Å². The molecule has 0 bridgehead atoms. The third-order valence-corrected chi connectivity index (χ3v) is 4.47. The fourth-order valence-electron chi connectivity index (χ4n) is 2.74. The first-order valence-corrected chi connectivity index (χ1v) is 8.61. The molecule has 0 spiro atoms. The van der Waals surface area contributed by atoms with Gasteiger partial charge in [-0.05, 0) is 41.0 Å². The Morgan fingerprint density at radius 2 is 2.08 bits per heavy atom. The van der Waals surface area contributed by atoms with Crippen LogP contribution >= 0.6 is 15.9 Å². The van der Waals surface area contributed by atoms with Crippen molar-refractivity contribution in [3.8, 4) is 0 Å². The van der Waals surface area contributed by atoms with Gasteiger partial charge in [0.15, 0.2) is 0 Å². The van der Waals surface area contributed by atoms with Crippen LogP contribution in [0.4, 0.5) is 5.95 Å². The number of nitrogens with zero attached hydrogens (tertiary/aromatic N) is 3. The summed E-state index contributed by atoms with van der Waals surface area (Å²) in [5.74, 6) is 0.0617. The van der Waals surface area contributed by atoms with Crippen LogP contribution in [0.5, 0.6) is 0 Å². The number of hydrogen-bond donors (Lipinski definition) is 1. The highest BCUT2D eigenvalue weighted by atomic mass is 79.9. The summed E-state index contributed by atoms with van der Waals surface area (Å²) < 4.78 is 8.07. The number of anilines is 1. The molecule has 0 radical (unpaired) electrons. The molecular weight excluding hydrogens is 384 g/mol. The summed E-state index contributed by atoms with van der Waals surface area (Å²) in [7, 11) is 0. The van der Waals surface area contributed by atoms with Gasteiger partial charge in [0.05, 0.1) is 19.8 Å². The molecule has 0 fully saturated rings. The summed E-state index contributed by atoms with van der Waals surface area (Å²) >= 11 is 3.45. The number of halogens is 1. The Morgan fingerprint density at radius 3 is 2.96 bits per heavy atom. The second-order valence-electron chi connectivity index (χ2n) is 5.83. The number of ether oxygens (including phenoxy) is 1. The Labute approximate surface area is 153 Å². The van der Waals surface area contributed by atoms with E-state index in [0.29, 0.717) is 25.3 Å². The van der Waals surface area contributed by atoms with Gasteiger partial charge in [0, 0.05) is 10.0 Å². The predicted octanol–water partition coefficient (Wildman–Crippen LogP) is 3.37. The van der Waals surface area contributed by atoms with E-state index in [2.05, 4.69) is 31.3 Å². The molecule has 3 aromatic rings. The third kappa shape index (κ3) is 3.62. The highest BCUT2D eigenvalue weighted by Gasteiger charge is 2.15. The zero-order valence-corrected chi connectivity index (χ0v) is 14.9. The van der Waals surface area contributed by atoms with Crippen LogP contribution in [-0.4, -0.2) is 20.7 Å². The largest absolute Gasteiger partial charge is 0.372 e. The zero-order chi connectivity index (χ0) is 17.2. The molecule has 1 N–H and O–H groups in total. The number of nitrogens with one attached hydrogen (secondary N) is 1. The van der Waals surface area contributed by atoms with E-state index in [1.165, 1.54) is 0 Å². The van der Waals surface area contributed by atoms with Gasteiger partial charge in [-0.25, -0.2) is 9.67 Å². The summed E-state index contributed by atoms with van der Waals surface area (Å²) in [6.07, 6.45) is 1.60. The van der Waals surface area contributed by atoms with E-state index in [-0.39, 0.29) is 11.9 Å². The Balaban J connectivity index is 1.44. The van der Waals surface area contributed by atoms with Crippen LogP contribution < -0.4 is 5.32 Å². The molecule has 25 heavy (non-hydrogen) atoms. The Kier molecular flexibility index (Phi) is 4.33. The average molecular weight is 399 g/mol. The van der Waals surface area contributed by atoms with Gasteiger partial charge < -0.3 is 4.74 Å². The van der Waals surface area contributed by atoms with Crippen LogP contribution in [0.25, 0.3) is 0 Å². The number of amides is 1. The van der Waals surface area contributed by atoms with Gasteiger partial charge in [0.25, 0.3) is 5.91 Å². The van der Waals surface area contributed by atoms with Crippen molar-refractivity contribution in [2.24, 2.45) is 0 Å². The predicted molar refractivity (Wildman–Crippen MR) is 96.2 cm³/mol. The zero-order valence-electron chi connectivity index (χ0n) is 13.3. The maximum absolute atomic E-state index is 12.4. The molecular formula is C18H15BrN4O2. The summed E-state index contributed by atoms with van der Waals surface area (Å²) in [5, 5.41) is 7.04. The lowest BCUT2D eigenvalue weighted by atomic mass is 10.1. The van der Waals surface area contributed by atoms with Crippen LogP contribution in [-0.2, 0) is 24.5 Å². The van der Waals surface area contributed by atoms with Gasteiger partial charge in [-0.1, -0.05) is 34.1 Å². The van der Waals surface area contributed by atoms with Gasteiger partial charge in [-0.15, -0.1) is 5.10 Å². The molecule has 126 valence electrons. The minimum Gasteiger partial charge on any atom is -0.372 e. The normalized spacial score (nSPS) is 12.8. The number of rotatable bonds is 4. The van der Waals surface area contributed by atoms with E-state index >= 15 is 0 Å². The Morgan fingerprint density at radius 1 is 1.20 bits per heavy atom. The van der Waals surface area contributed by atoms with Crippen molar-refractivity contribution in [3.63, 3.8) is 0 Å². The van der Waals surface area contributed by atoms with Gasteiger partial charge >= 0.3 is 0 Å². The Hall–Kier alpha value is -2.51. The molecule has 2 heterocycles. The van der Waals surface area contributed by atoms with Crippen LogP contribution in [0.1, 0.15) is 27.0 Å². The molecule has 6 nitrogen and oxygen atoms in total. The van der Waals surface area contributed by atoms with E-state index in [1.807, 2.05) is 36.4 Å². The fraction of sp³-hybridized carbons (Fsp3) is 0.167. The van der Waals surface area contributed by atoms with E-state index in [4.69, 9.17) is 4.74 Å². The summed E-state index contributed by atoms with van der Waals surface area (Å²) in [6, 6.07) is 13.5. The van der Waals surface area contributed by atoms with Crippen molar-refractivity contribution in [3.05, 3.63) is 75.5 Å². The number of hydrogen-bond acceptors (Lipinski definition) is 4. The third-order valence-electron chi connectivity index (χ3n) is 3.98. The van der Waals surface area contributed by atoms with Crippen molar-refractivity contribution in [1.29, 1.82) is 0 Å². The standard InChI is InChI=1S/C18H15BrN4O2/c19-16-3-1-2-12(6-16)8-23-11-20-18(22-23)21-17(24)13-4-5-14-9-25-10-15(14)7-13/h1-7,11H,8-10H2,(H,21,22,24). The first-order valence-electron chi connectivity index (χ1n) is 7.82. The maximum Gasteiger partial charge on any atom is 0.258 e. The number of carbonyl (C=O) groups excluding carboxylic acids is 1. The number of carbonyl (C=O) groups is 1. The second kappa shape index (κ2) is 6.78. The van der Waals surface area contributed by atoms with Crippen molar-refractivity contribution in [2.75, 3.05) is 5.32 Å². The number of benzene rings is 2. The van der Waals surface area contributed by atoms with Crippen molar-refractivity contribution in [2.45, 2.75) is 19.8 Å². The first-order chi connectivity index (χ1) is 12.2. The van der Waals surface area contributed by atoms with Crippen molar-refractivity contribution < 1.29 is 9.53 Å². The molecule has 1 amide bonds. The van der Waals surface area contributed by atoms with Crippen LogP contribution in [0.2, 0.25) is 0 Å². The number of fused-ring (bicyclic) bond motifs is 1. The monoisotopic (exact) mass is 398 g/mol. The molecule has 0 atom stereocenters. The van der Waals surface area contributed by atoms with E-state index in [0.717, 1.165) is 21.2 Å². The molecule has 4 rings (SSSR count). The molecule has 0 unspecified atom stereocenters. The van der Waals surface area contributed by atoms with Gasteiger partial charge in [-0.3, -0.25) is 10.1 Å². The molecule has 1 aromatic heterocycles. The molecule has 2 aromatic carbocycles. The van der Waals surface area contributed by atoms with E-state index in [1.54, 1.807) is 17.1 Å². The molecule has 0 aliphatic carbocycles. The maximum atomic E-state index is 12.4. The number of aromatic nitrogens is 3. The second-order valence-corrected chi connectivity index (χ2v) is 6.74. The average Bonchev–Trinajstić information content (AvgIpc) is 3.23. The topological polar surface area (TPSA) is 69.0 Å². The summed E-state index contributed by atoms with van der Waals surface area (Å²) in [6.45, 7) is 1.74. The minimum absolute atomic E-state index is 0.227. The van der Waals surface area contributed by atoms with Crippen LogP contribution in [0, 0.1) is 0 Å². The van der Waals surface area contributed by atoms with Crippen LogP contribution in [0.15, 0.2) is 53.3 Å². The van der Waals surface area contributed by atoms with E-state index < -0.39 is 0 Å². The molecule has 0 saturated carbocycles. The molecule has 1 aliphatic rings. The lowest BCUT2D eigenvalue weighted by Crippen LogP contribution is -2.14. The summed E-state index contributed by atoms with van der Waals surface area (Å²) in [5.41, 5.74) is 3.86. The lowest BCUT2D eigenvalue weighted by Gasteiger charge is -2.04. The van der Waals surface area contributed by atoms with Crippen molar-refractivity contribution >= 4 is 27.8 Å². The SMILES string of the molecule is O=C(Nc1ncn(Cc2cccc(Br)c2)n1)c1ccc2c(c1)COC2. The smallest absolute Gasteiger partial charge is 0.258 e. The van der Waals surface area contributed by atoms with Crippen LogP contribution in [0.3, 0.4) is 0 Å². The molecule has 0 saturated heterocycles. The molecule has 1 aliphatic heterocycles. The minimum atomic E-state index is -0.227. The fourth-order valence-corrected chi connectivity index (χ4v) is 3.18. The van der Waals surface area contributed by atoms with Gasteiger partial charge in [-0.2, -0.15) is 0 Å². The quantitative estimate of drug-likeness (QED) is 0.731. The van der Waals surface area contributed by atoms with E-state index in [9.17, 15) is 4.79 Å². The highest BCUT2D eigenvalue weighted by molar-refractivity contribution is 9.10. The Bertz CT molecular complexity index is 938. The molecule has 7 heteroatoms. The lowest BCUT2D eigenvalue weighted by molar-refractivity contribution is 0.102. The summed E-state index contributed by atoms with van der Waals surface area (Å²) in [4.78, 5) is 16.5.